The van der Waals surface area contributed by atoms with E-state index in [0.717, 1.165) is 45.8 Å². The maximum absolute atomic E-state index is 5.95. The van der Waals surface area contributed by atoms with Crippen LogP contribution in [0.5, 0.6) is 11.5 Å². The van der Waals surface area contributed by atoms with E-state index in [1.165, 1.54) is 0 Å². The molecule has 0 atom stereocenters. The Morgan fingerprint density at radius 2 is 1.67 bits per heavy atom. The third-order valence-electron chi connectivity index (χ3n) is 4.17. The summed E-state index contributed by atoms with van der Waals surface area (Å²) in [6.45, 7) is 3.96. The number of methoxy groups -OCH3 is 2. The molecule has 0 saturated heterocycles. The second-order valence-corrected chi connectivity index (χ2v) is 5.90. The van der Waals surface area contributed by atoms with Crippen molar-refractivity contribution in [3.05, 3.63) is 52.6 Å². The van der Waals surface area contributed by atoms with Crippen LogP contribution in [0.4, 0.5) is 5.69 Å². The Morgan fingerprint density at radius 1 is 0.958 bits per heavy atom. The van der Waals surface area contributed by atoms with E-state index in [1.54, 1.807) is 14.2 Å². The number of nitrogen functional groups attached to an aromatic ring is 1. The summed E-state index contributed by atoms with van der Waals surface area (Å²) in [5, 5.41) is 8.84. The average molecular weight is 323 g/mol. The lowest BCUT2D eigenvalue weighted by molar-refractivity contribution is 0.354. The van der Waals surface area contributed by atoms with Crippen LogP contribution >= 0.6 is 0 Å². The van der Waals surface area contributed by atoms with E-state index in [4.69, 9.17) is 15.2 Å². The zero-order valence-corrected chi connectivity index (χ0v) is 14.4. The Kier molecular flexibility index (Phi) is 4.25. The number of hydrogen-bond acceptors (Lipinski definition) is 5. The first-order valence-corrected chi connectivity index (χ1v) is 7.76. The molecule has 0 aliphatic carbocycles. The minimum Gasteiger partial charge on any atom is -0.493 e. The summed E-state index contributed by atoms with van der Waals surface area (Å²) >= 11 is 0. The molecular weight excluding hydrogens is 302 g/mol. The van der Waals surface area contributed by atoms with E-state index in [-0.39, 0.29) is 0 Å². The first-order valence-electron chi connectivity index (χ1n) is 7.76. The molecule has 0 fully saturated rings. The van der Waals surface area contributed by atoms with Gasteiger partial charge in [-0.15, -0.1) is 5.10 Å². The van der Waals surface area contributed by atoms with Gasteiger partial charge >= 0.3 is 0 Å². The predicted molar refractivity (Wildman–Crippen MR) is 97.6 cm³/mol. The van der Waals surface area contributed by atoms with Crippen LogP contribution < -0.4 is 15.2 Å². The molecule has 5 nitrogen and oxygen atoms in total. The van der Waals surface area contributed by atoms with Gasteiger partial charge in [-0.05, 0) is 49.2 Å². The van der Waals surface area contributed by atoms with Gasteiger partial charge in [-0.2, -0.15) is 5.10 Å². The average Bonchev–Trinajstić information content (AvgIpc) is 2.74. The number of aryl methyl sites for hydroxylation is 1. The van der Waals surface area contributed by atoms with Crippen LogP contribution in [0.2, 0.25) is 0 Å². The van der Waals surface area contributed by atoms with Gasteiger partial charge < -0.3 is 15.2 Å². The van der Waals surface area contributed by atoms with Crippen LogP contribution in [0.25, 0.3) is 0 Å². The standard InChI is InChI=1S/C19H21N3O2/c1-11-7-13(5-6-16(11)20)19-15-10-18(24-4)17(23-3)9-14(15)8-12(2)21-22-19/h5-7,9-10H,8,20H2,1-4H3. The highest BCUT2D eigenvalue weighted by Crippen LogP contribution is 2.33. The summed E-state index contributed by atoms with van der Waals surface area (Å²) in [7, 11) is 3.27. The quantitative estimate of drug-likeness (QED) is 0.881. The molecule has 0 radical (unpaired) electrons. The molecule has 1 aliphatic rings. The molecule has 3 rings (SSSR count). The fourth-order valence-corrected chi connectivity index (χ4v) is 2.82. The highest BCUT2D eigenvalue weighted by molar-refractivity contribution is 6.15. The lowest BCUT2D eigenvalue weighted by Crippen LogP contribution is -2.09. The van der Waals surface area contributed by atoms with Gasteiger partial charge in [-0.3, -0.25) is 0 Å². The van der Waals surface area contributed by atoms with Crippen molar-refractivity contribution in [3.63, 3.8) is 0 Å². The molecule has 2 aromatic carbocycles. The van der Waals surface area contributed by atoms with Gasteiger partial charge in [0, 0.05) is 28.9 Å². The van der Waals surface area contributed by atoms with Gasteiger partial charge in [0.2, 0.25) is 0 Å². The molecule has 2 N–H and O–H groups in total. The van der Waals surface area contributed by atoms with Crippen molar-refractivity contribution in [3.8, 4) is 11.5 Å². The molecule has 0 bridgehead atoms. The Morgan fingerprint density at radius 3 is 2.33 bits per heavy atom. The number of benzene rings is 2. The monoisotopic (exact) mass is 323 g/mol. The minimum atomic E-state index is 0.677. The predicted octanol–water partition coefficient (Wildman–Crippen LogP) is 3.36. The minimum absolute atomic E-state index is 0.677. The lowest BCUT2D eigenvalue weighted by atomic mass is 9.93. The molecule has 1 aliphatic heterocycles. The van der Waals surface area contributed by atoms with E-state index >= 15 is 0 Å². The zero-order chi connectivity index (χ0) is 17.3. The maximum Gasteiger partial charge on any atom is 0.161 e. The van der Waals surface area contributed by atoms with E-state index in [2.05, 4.69) is 10.2 Å². The number of hydrogen-bond donors (Lipinski definition) is 1. The second kappa shape index (κ2) is 6.35. The van der Waals surface area contributed by atoms with Crippen LogP contribution in [0.1, 0.15) is 29.2 Å². The van der Waals surface area contributed by atoms with E-state index in [0.29, 0.717) is 11.5 Å². The molecule has 5 heteroatoms. The topological polar surface area (TPSA) is 69.2 Å². The van der Waals surface area contributed by atoms with Crippen LogP contribution in [-0.4, -0.2) is 25.6 Å². The highest BCUT2D eigenvalue weighted by Gasteiger charge is 2.20. The van der Waals surface area contributed by atoms with Gasteiger partial charge in [-0.1, -0.05) is 6.07 Å². The summed E-state index contributed by atoms with van der Waals surface area (Å²) in [5.74, 6) is 1.38. The summed E-state index contributed by atoms with van der Waals surface area (Å²) in [6, 6.07) is 9.86. The van der Waals surface area contributed by atoms with E-state index < -0.39 is 0 Å². The zero-order valence-electron chi connectivity index (χ0n) is 14.4. The van der Waals surface area contributed by atoms with Gasteiger partial charge in [0.25, 0.3) is 0 Å². The SMILES string of the molecule is COc1cc2c(cc1OC)C(c1ccc(N)c(C)c1)=NN=C(C)C2. The molecule has 1 heterocycles. The van der Waals surface area contributed by atoms with Crippen LogP contribution in [0.15, 0.2) is 40.5 Å². The Bertz CT molecular complexity index is 854. The largest absolute Gasteiger partial charge is 0.493 e. The van der Waals surface area contributed by atoms with Gasteiger partial charge in [0.1, 0.15) is 5.71 Å². The number of nitrogens with two attached hydrogens (primary N) is 1. The summed E-state index contributed by atoms with van der Waals surface area (Å²) < 4.78 is 10.9. The Hall–Kier alpha value is -2.82. The van der Waals surface area contributed by atoms with Crippen LogP contribution in [0.3, 0.4) is 0 Å². The molecule has 0 unspecified atom stereocenters. The molecule has 0 spiro atoms. The van der Waals surface area contributed by atoms with Crippen molar-refractivity contribution in [2.24, 2.45) is 10.2 Å². The van der Waals surface area contributed by atoms with Crippen molar-refractivity contribution < 1.29 is 9.47 Å². The fourth-order valence-electron chi connectivity index (χ4n) is 2.82. The molecule has 0 aromatic heterocycles. The van der Waals surface area contributed by atoms with E-state index in [9.17, 15) is 0 Å². The molecular formula is C19H21N3O2. The van der Waals surface area contributed by atoms with Gasteiger partial charge in [-0.25, -0.2) is 0 Å². The van der Waals surface area contributed by atoms with Crippen molar-refractivity contribution in [2.75, 3.05) is 20.0 Å². The van der Waals surface area contributed by atoms with Crippen LogP contribution in [-0.2, 0) is 6.42 Å². The third kappa shape index (κ3) is 2.85. The Balaban J connectivity index is 2.22. The summed E-state index contributed by atoms with van der Waals surface area (Å²) in [4.78, 5) is 0. The first kappa shape index (κ1) is 16.1. The summed E-state index contributed by atoms with van der Waals surface area (Å²) in [5.41, 5.74) is 12.6. The van der Waals surface area contributed by atoms with E-state index in [1.807, 2.05) is 44.2 Å². The smallest absolute Gasteiger partial charge is 0.161 e. The fraction of sp³-hybridized carbons (Fsp3) is 0.263. The molecule has 24 heavy (non-hydrogen) atoms. The number of rotatable bonds is 3. The molecule has 0 amide bonds. The maximum atomic E-state index is 5.95. The van der Waals surface area contributed by atoms with Crippen molar-refractivity contribution >= 4 is 17.1 Å². The summed E-state index contributed by atoms with van der Waals surface area (Å²) in [6.07, 6.45) is 0.719. The van der Waals surface area contributed by atoms with Crippen LogP contribution in [0, 0.1) is 6.92 Å². The third-order valence-corrected chi connectivity index (χ3v) is 4.17. The van der Waals surface area contributed by atoms with Crippen molar-refractivity contribution in [2.45, 2.75) is 20.3 Å². The van der Waals surface area contributed by atoms with Gasteiger partial charge in [0.05, 0.1) is 14.2 Å². The Labute approximate surface area is 141 Å². The normalized spacial score (nSPS) is 13.5. The number of fused-ring (bicyclic) bond motifs is 1. The number of nitrogens with zero attached hydrogens (tertiary/aromatic N) is 2. The molecule has 124 valence electrons. The molecule has 2 aromatic rings. The second-order valence-electron chi connectivity index (χ2n) is 5.90. The number of ether oxygens (including phenoxy) is 2. The first-order chi connectivity index (χ1) is 11.5. The van der Waals surface area contributed by atoms with Gasteiger partial charge in [0.15, 0.2) is 11.5 Å². The van der Waals surface area contributed by atoms with Crippen molar-refractivity contribution in [1.82, 2.24) is 0 Å². The van der Waals surface area contributed by atoms with Crippen molar-refractivity contribution in [1.29, 1.82) is 0 Å². The number of anilines is 1. The lowest BCUT2D eigenvalue weighted by Gasteiger charge is -2.15. The molecule has 0 saturated carbocycles. The highest BCUT2D eigenvalue weighted by atomic mass is 16.5.